The molecular weight excluding hydrogens is 535 g/mol. The molecule has 6 rings (SSSR count). The minimum atomic E-state index is -0.657. The van der Waals surface area contributed by atoms with Gasteiger partial charge in [-0.25, -0.2) is 4.39 Å². The number of likely N-dealkylation sites (tertiary alicyclic amines) is 2. The van der Waals surface area contributed by atoms with Crippen LogP contribution in [0.1, 0.15) is 50.2 Å². The minimum Gasteiger partial charge on any atom is -0.505 e. The smallest absolute Gasteiger partial charge is 0.234 e. The Kier molecular flexibility index (Phi) is 8.30. The first-order chi connectivity index (χ1) is 20.3. The number of rotatable bonds is 8. The van der Waals surface area contributed by atoms with Gasteiger partial charge in [0.05, 0.1) is 31.2 Å². The molecule has 0 bridgehead atoms. The molecule has 3 fully saturated rings. The van der Waals surface area contributed by atoms with Crippen LogP contribution in [0.25, 0.3) is 6.08 Å². The fourth-order valence-corrected chi connectivity index (χ4v) is 7.51. The number of halogens is 1. The molecule has 42 heavy (non-hydrogen) atoms. The van der Waals surface area contributed by atoms with E-state index in [0.717, 1.165) is 49.2 Å². The van der Waals surface area contributed by atoms with Gasteiger partial charge in [-0.2, -0.15) is 0 Å². The summed E-state index contributed by atoms with van der Waals surface area (Å²) in [5, 5.41) is 19.8. The number of fused-ring (bicyclic) bond motifs is 3. The molecular formula is C34H39FN2O5. The number of hydrogen-bond acceptors (Lipinski definition) is 6. The molecule has 2 N–H and O–H groups in total. The Morgan fingerprint density at radius 3 is 2.55 bits per heavy atom. The molecule has 7 nitrogen and oxygen atoms in total. The number of amides is 2. The summed E-state index contributed by atoms with van der Waals surface area (Å²) in [5.41, 5.74) is 4.81. The van der Waals surface area contributed by atoms with E-state index in [1.165, 1.54) is 17.7 Å². The lowest BCUT2D eigenvalue weighted by Gasteiger charge is -2.36. The number of imide groups is 1. The zero-order valence-electron chi connectivity index (χ0n) is 24.0. The van der Waals surface area contributed by atoms with E-state index < -0.39 is 17.7 Å². The number of carbonyl (C=O) groups excluding carboxylic acids is 2. The van der Waals surface area contributed by atoms with Crippen molar-refractivity contribution < 1.29 is 28.9 Å². The summed E-state index contributed by atoms with van der Waals surface area (Å²) in [4.78, 5) is 31.5. The lowest BCUT2D eigenvalue weighted by molar-refractivity contribution is -0.144. The molecule has 4 atom stereocenters. The number of benzene rings is 2. The lowest BCUT2D eigenvalue weighted by atomic mass is 9.69. The largest absolute Gasteiger partial charge is 0.505 e. The van der Waals surface area contributed by atoms with Gasteiger partial charge >= 0.3 is 0 Å². The molecule has 8 heteroatoms. The average Bonchev–Trinajstić information content (AvgIpc) is 3.52. The Morgan fingerprint density at radius 1 is 1.07 bits per heavy atom. The number of piperidine rings is 1. The summed E-state index contributed by atoms with van der Waals surface area (Å²) in [5.74, 6) is -2.22. The van der Waals surface area contributed by atoms with Crippen molar-refractivity contribution in [2.75, 3.05) is 26.3 Å². The fourth-order valence-electron chi connectivity index (χ4n) is 7.51. The van der Waals surface area contributed by atoms with E-state index in [1.54, 1.807) is 11.0 Å². The molecule has 222 valence electrons. The van der Waals surface area contributed by atoms with Gasteiger partial charge < -0.3 is 14.9 Å². The van der Waals surface area contributed by atoms with E-state index in [9.17, 15) is 24.2 Å². The van der Waals surface area contributed by atoms with Gasteiger partial charge in [0.2, 0.25) is 11.8 Å². The lowest BCUT2D eigenvalue weighted by Crippen LogP contribution is -2.47. The number of allylic oxidation sites excluding steroid dienone is 1. The number of nitrogens with zero attached hydrogens (tertiary/aromatic N) is 2. The quantitative estimate of drug-likeness (QED) is 0.351. The van der Waals surface area contributed by atoms with E-state index in [4.69, 9.17) is 4.74 Å². The first-order valence-electron chi connectivity index (χ1n) is 15.1. The maximum atomic E-state index is 13.9. The second-order valence-corrected chi connectivity index (χ2v) is 12.3. The van der Waals surface area contributed by atoms with E-state index in [0.29, 0.717) is 31.4 Å². The number of phenolic OH excluding ortho intramolecular Hbond substituents is 1. The van der Waals surface area contributed by atoms with Crippen molar-refractivity contribution in [1.82, 2.24) is 9.80 Å². The van der Waals surface area contributed by atoms with E-state index >= 15 is 0 Å². The third kappa shape index (κ3) is 5.55. The highest BCUT2D eigenvalue weighted by Crippen LogP contribution is 2.50. The van der Waals surface area contributed by atoms with Crippen LogP contribution in [-0.2, 0) is 20.9 Å². The summed E-state index contributed by atoms with van der Waals surface area (Å²) in [6.07, 6.45) is 4.97. The number of hydrogen-bond donors (Lipinski definition) is 2. The van der Waals surface area contributed by atoms with Gasteiger partial charge in [-0.3, -0.25) is 19.4 Å². The third-order valence-electron chi connectivity index (χ3n) is 9.59. The monoisotopic (exact) mass is 574 g/mol. The molecule has 0 unspecified atom stereocenters. The van der Waals surface area contributed by atoms with Crippen LogP contribution in [0.5, 0.6) is 5.75 Å². The van der Waals surface area contributed by atoms with Gasteiger partial charge in [0.25, 0.3) is 0 Å². The van der Waals surface area contributed by atoms with Gasteiger partial charge in [-0.05, 0) is 73.4 Å². The Balaban J connectivity index is 1.11. The summed E-state index contributed by atoms with van der Waals surface area (Å²) in [7, 11) is 0. The van der Waals surface area contributed by atoms with Crippen molar-refractivity contribution in [3.8, 4) is 5.75 Å². The van der Waals surface area contributed by atoms with E-state index in [-0.39, 0.29) is 42.2 Å². The molecule has 1 aliphatic carbocycles. The maximum absolute atomic E-state index is 13.9. The maximum Gasteiger partial charge on any atom is 0.234 e. The molecule has 0 spiro atoms. The van der Waals surface area contributed by atoms with Gasteiger partial charge in [-0.15, -0.1) is 0 Å². The molecule has 3 saturated heterocycles. The van der Waals surface area contributed by atoms with Crippen LogP contribution in [0.3, 0.4) is 0 Å². The number of aliphatic hydroxyl groups excluding tert-OH is 1. The van der Waals surface area contributed by atoms with Crippen LogP contribution in [0.15, 0.2) is 65.3 Å². The zero-order chi connectivity index (χ0) is 29.4. The Bertz CT molecular complexity index is 1400. The molecule has 4 aliphatic rings. The highest BCUT2D eigenvalue weighted by molar-refractivity contribution is 6.06. The SMILES string of the molecule is C/C(=C\c1ccc(O)c(F)c1)CC[C@H]1OC[C@H]2C1=C(CO)C[C@H]1C(=O)N(C3CCN(Cc4ccccc4)CC3)C(=O)[C@H]12. The highest BCUT2D eigenvalue weighted by Gasteiger charge is 2.58. The molecule has 0 saturated carbocycles. The highest BCUT2D eigenvalue weighted by atomic mass is 19.1. The van der Waals surface area contributed by atoms with Crippen LogP contribution in [0, 0.1) is 23.6 Å². The third-order valence-corrected chi connectivity index (χ3v) is 9.59. The summed E-state index contributed by atoms with van der Waals surface area (Å²) >= 11 is 0. The second-order valence-electron chi connectivity index (χ2n) is 12.3. The van der Waals surface area contributed by atoms with Crippen LogP contribution in [-0.4, -0.2) is 70.3 Å². The number of ether oxygens (including phenoxy) is 1. The van der Waals surface area contributed by atoms with Crippen LogP contribution >= 0.6 is 0 Å². The number of aliphatic hydroxyl groups is 1. The Hall–Kier alpha value is -3.33. The molecule has 3 aliphatic heterocycles. The van der Waals surface area contributed by atoms with E-state index in [2.05, 4.69) is 17.0 Å². The molecule has 3 heterocycles. The van der Waals surface area contributed by atoms with Crippen molar-refractivity contribution >= 4 is 17.9 Å². The summed E-state index contributed by atoms with van der Waals surface area (Å²) < 4.78 is 20.0. The van der Waals surface area contributed by atoms with Crippen molar-refractivity contribution in [3.63, 3.8) is 0 Å². The Labute approximate surface area is 246 Å². The first kappa shape index (κ1) is 28.8. The summed E-state index contributed by atoms with van der Waals surface area (Å²) in [6, 6.07) is 14.6. The number of phenols is 1. The average molecular weight is 575 g/mol. The molecule has 0 aromatic heterocycles. The first-order valence-corrected chi connectivity index (χ1v) is 15.1. The van der Waals surface area contributed by atoms with Gasteiger partial charge in [0.1, 0.15) is 0 Å². The van der Waals surface area contributed by atoms with Gasteiger partial charge in [0, 0.05) is 31.6 Å². The van der Waals surface area contributed by atoms with Crippen molar-refractivity contribution in [3.05, 3.63) is 82.2 Å². The van der Waals surface area contributed by atoms with Crippen molar-refractivity contribution in [2.45, 2.75) is 57.7 Å². The normalized spacial score (nSPS) is 27.1. The molecule has 0 radical (unpaired) electrons. The van der Waals surface area contributed by atoms with Gasteiger partial charge in [0.15, 0.2) is 11.6 Å². The second kappa shape index (κ2) is 12.1. The molecule has 2 aromatic rings. The molecule has 2 amide bonds. The summed E-state index contributed by atoms with van der Waals surface area (Å²) in [6.45, 7) is 4.76. The van der Waals surface area contributed by atoms with E-state index in [1.807, 2.05) is 31.2 Å². The standard InChI is InChI=1S/C34H39FN2O5/c1-21(15-23-8-9-29(39)28(35)16-23)7-10-30-31-24(19-38)17-26-32(27(31)20-42-30)34(41)37(33(26)40)25-11-13-36(14-12-25)18-22-5-3-2-4-6-22/h2-6,8-9,15-16,25-27,30,32,38-39H,7,10-14,17-20H2,1H3/b21-15+/t26-,27+,30-,32-/m1/s1. The van der Waals surface area contributed by atoms with Crippen molar-refractivity contribution in [2.24, 2.45) is 17.8 Å². The van der Waals surface area contributed by atoms with Crippen LogP contribution in [0.2, 0.25) is 0 Å². The number of carbonyl (C=O) groups is 2. The molecule has 2 aromatic carbocycles. The predicted molar refractivity (Wildman–Crippen MR) is 156 cm³/mol. The Morgan fingerprint density at radius 2 is 1.83 bits per heavy atom. The minimum absolute atomic E-state index is 0.0688. The van der Waals surface area contributed by atoms with Crippen molar-refractivity contribution in [1.29, 1.82) is 0 Å². The zero-order valence-corrected chi connectivity index (χ0v) is 24.0. The fraction of sp³-hybridized carbons (Fsp3) is 0.471. The van der Waals surface area contributed by atoms with Gasteiger partial charge in [-0.1, -0.05) is 48.0 Å². The predicted octanol–water partition coefficient (Wildman–Crippen LogP) is 4.69. The topological polar surface area (TPSA) is 90.3 Å². The number of aromatic hydroxyl groups is 1. The van der Waals surface area contributed by atoms with Crippen LogP contribution < -0.4 is 0 Å². The van der Waals surface area contributed by atoms with Crippen LogP contribution in [0.4, 0.5) is 4.39 Å².